The highest BCUT2D eigenvalue weighted by atomic mass is 35.5. The van der Waals surface area contributed by atoms with Gasteiger partial charge < -0.3 is 10.5 Å². The minimum Gasteiger partial charge on any atom is -0.473 e. The summed E-state index contributed by atoms with van der Waals surface area (Å²) in [6.45, 7) is 6.85. The van der Waals surface area contributed by atoms with E-state index < -0.39 is 0 Å². The van der Waals surface area contributed by atoms with Gasteiger partial charge in [-0.1, -0.05) is 32.4 Å². The summed E-state index contributed by atoms with van der Waals surface area (Å²) in [4.78, 5) is 4.17. The van der Waals surface area contributed by atoms with Gasteiger partial charge in [-0.25, -0.2) is 4.98 Å². The van der Waals surface area contributed by atoms with Gasteiger partial charge in [0.15, 0.2) is 0 Å². The van der Waals surface area contributed by atoms with Gasteiger partial charge in [-0.2, -0.15) is 0 Å². The molecule has 1 aliphatic rings. The molecule has 100 valence electrons. The van der Waals surface area contributed by atoms with Crippen molar-refractivity contribution in [3.05, 3.63) is 17.3 Å². The Morgan fingerprint density at radius 3 is 2.78 bits per heavy atom. The number of hydrogen-bond acceptors (Lipinski definition) is 3. The Morgan fingerprint density at radius 2 is 2.17 bits per heavy atom. The molecule has 2 unspecified atom stereocenters. The third-order valence-corrected chi connectivity index (χ3v) is 3.68. The molecule has 0 spiro atoms. The molecule has 3 nitrogen and oxygen atoms in total. The predicted octanol–water partition coefficient (Wildman–Crippen LogP) is 3.91. The van der Waals surface area contributed by atoms with Gasteiger partial charge >= 0.3 is 0 Å². The summed E-state index contributed by atoms with van der Waals surface area (Å²) in [5.74, 6) is 1.18. The summed E-state index contributed by atoms with van der Waals surface area (Å²) in [5.41, 5.74) is 6.70. The highest BCUT2D eigenvalue weighted by Gasteiger charge is 2.33. The maximum atomic E-state index is 5.95. The van der Waals surface area contributed by atoms with E-state index in [0.717, 1.165) is 12.8 Å². The van der Waals surface area contributed by atoms with Gasteiger partial charge in [0.05, 0.1) is 10.7 Å². The van der Waals surface area contributed by atoms with E-state index in [1.165, 1.54) is 6.42 Å². The highest BCUT2D eigenvalue weighted by molar-refractivity contribution is 6.30. The fourth-order valence-electron chi connectivity index (χ4n) is 3.05. The van der Waals surface area contributed by atoms with Crippen LogP contribution in [-0.2, 0) is 0 Å². The number of ether oxygens (including phenoxy) is 1. The van der Waals surface area contributed by atoms with Crippen molar-refractivity contribution in [2.24, 2.45) is 11.3 Å². The summed E-state index contributed by atoms with van der Waals surface area (Å²) < 4.78 is 5.95. The second-order valence-corrected chi connectivity index (χ2v) is 6.64. The number of pyridine rings is 1. The second-order valence-electron chi connectivity index (χ2n) is 6.20. The van der Waals surface area contributed by atoms with Crippen LogP contribution in [0.25, 0.3) is 0 Å². The minimum atomic E-state index is 0.194. The van der Waals surface area contributed by atoms with Gasteiger partial charge in [0.2, 0.25) is 5.88 Å². The van der Waals surface area contributed by atoms with Crippen LogP contribution >= 0.6 is 11.6 Å². The molecule has 1 heterocycles. The van der Waals surface area contributed by atoms with Crippen molar-refractivity contribution >= 4 is 17.3 Å². The molecule has 0 radical (unpaired) electrons. The lowest BCUT2D eigenvalue weighted by molar-refractivity contribution is 0.0538. The van der Waals surface area contributed by atoms with E-state index in [4.69, 9.17) is 22.1 Å². The minimum absolute atomic E-state index is 0.194. The zero-order valence-electron chi connectivity index (χ0n) is 11.2. The molecule has 1 aromatic heterocycles. The zero-order valence-corrected chi connectivity index (χ0v) is 12.0. The smallest absolute Gasteiger partial charge is 0.237 e. The third kappa shape index (κ3) is 3.29. The van der Waals surface area contributed by atoms with Crippen molar-refractivity contribution in [1.29, 1.82) is 0 Å². The topological polar surface area (TPSA) is 48.1 Å². The van der Waals surface area contributed by atoms with E-state index in [1.807, 2.05) is 0 Å². The summed E-state index contributed by atoms with van der Waals surface area (Å²) >= 11 is 5.83. The molecule has 2 atom stereocenters. The van der Waals surface area contributed by atoms with Crippen LogP contribution in [0.5, 0.6) is 5.88 Å². The standard InChI is InChI=1S/C14H21ClN2O/c1-9-4-11(7-14(2,3)6-9)18-13-12(16)5-10(15)8-17-13/h5,8-9,11H,4,6-7,16H2,1-3H3. The van der Waals surface area contributed by atoms with Crippen molar-refractivity contribution in [2.45, 2.75) is 46.1 Å². The maximum absolute atomic E-state index is 5.95. The van der Waals surface area contributed by atoms with Gasteiger partial charge in [0.1, 0.15) is 6.10 Å². The van der Waals surface area contributed by atoms with Crippen LogP contribution in [0.1, 0.15) is 40.0 Å². The van der Waals surface area contributed by atoms with E-state index in [2.05, 4.69) is 25.8 Å². The molecule has 18 heavy (non-hydrogen) atoms. The number of nitrogens with two attached hydrogens (primary N) is 1. The summed E-state index contributed by atoms with van der Waals surface area (Å²) in [5, 5.41) is 0.539. The molecule has 1 aromatic rings. The first-order chi connectivity index (χ1) is 8.35. The monoisotopic (exact) mass is 268 g/mol. The lowest BCUT2D eigenvalue weighted by atomic mass is 9.71. The summed E-state index contributed by atoms with van der Waals surface area (Å²) in [6.07, 6.45) is 5.12. The molecule has 0 saturated heterocycles. The Balaban J connectivity index is 2.09. The van der Waals surface area contributed by atoms with Gasteiger partial charge in [0, 0.05) is 6.20 Å². The van der Waals surface area contributed by atoms with Crippen LogP contribution in [0, 0.1) is 11.3 Å². The van der Waals surface area contributed by atoms with Crippen LogP contribution in [0.15, 0.2) is 12.3 Å². The molecule has 0 bridgehead atoms. The van der Waals surface area contributed by atoms with Crippen molar-refractivity contribution in [3.8, 4) is 5.88 Å². The number of rotatable bonds is 2. The van der Waals surface area contributed by atoms with Crippen LogP contribution in [0.4, 0.5) is 5.69 Å². The molecule has 2 rings (SSSR count). The Bertz CT molecular complexity index is 434. The van der Waals surface area contributed by atoms with Crippen molar-refractivity contribution in [2.75, 3.05) is 5.73 Å². The third-order valence-electron chi connectivity index (χ3n) is 3.47. The average Bonchev–Trinajstić information content (AvgIpc) is 2.19. The fourth-order valence-corrected chi connectivity index (χ4v) is 3.21. The summed E-state index contributed by atoms with van der Waals surface area (Å²) in [6, 6.07) is 1.68. The zero-order chi connectivity index (χ0) is 13.3. The van der Waals surface area contributed by atoms with Gasteiger partial charge in [0.25, 0.3) is 0 Å². The van der Waals surface area contributed by atoms with Gasteiger partial charge in [-0.3, -0.25) is 0 Å². The number of halogens is 1. The number of aromatic nitrogens is 1. The van der Waals surface area contributed by atoms with Crippen molar-refractivity contribution < 1.29 is 4.74 Å². The number of hydrogen-bond donors (Lipinski definition) is 1. The van der Waals surface area contributed by atoms with Gasteiger partial charge in [-0.05, 0) is 36.7 Å². The SMILES string of the molecule is CC1CC(Oc2ncc(Cl)cc2N)CC(C)(C)C1. The first-order valence-electron chi connectivity index (χ1n) is 6.43. The van der Waals surface area contributed by atoms with Crippen LogP contribution in [0.2, 0.25) is 5.02 Å². The number of nitrogen functional groups attached to an aromatic ring is 1. The molecular weight excluding hydrogens is 248 g/mol. The normalized spacial score (nSPS) is 26.9. The van der Waals surface area contributed by atoms with E-state index in [1.54, 1.807) is 12.3 Å². The molecular formula is C14H21ClN2O. The lowest BCUT2D eigenvalue weighted by Gasteiger charge is -2.38. The first kappa shape index (κ1) is 13.5. The van der Waals surface area contributed by atoms with E-state index in [-0.39, 0.29) is 6.10 Å². The Kier molecular flexibility index (Phi) is 3.71. The molecule has 2 N–H and O–H groups in total. The Morgan fingerprint density at radius 1 is 1.44 bits per heavy atom. The van der Waals surface area contributed by atoms with E-state index >= 15 is 0 Å². The first-order valence-corrected chi connectivity index (χ1v) is 6.81. The maximum Gasteiger partial charge on any atom is 0.237 e. The predicted molar refractivity (Wildman–Crippen MR) is 74.9 cm³/mol. The van der Waals surface area contributed by atoms with Crippen LogP contribution in [-0.4, -0.2) is 11.1 Å². The Labute approximate surface area is 114 Å². The molecule has 0 amide bonds. The van der Waals surface area contributed by atoms with Crippen molar-refractivity contribution in [1.82, 2.24) is 4.98 Å². The Hall–Kier alpha value is -0.960. The van der Waals surface area contributed by atoms with Crippen LogP contribution < -0.4 is 10.5 Å². The molecule has 1 aliphatic carbocycles. The van der Waals surface area contributed by atoms with Crippen molar-refractivity contribution in [3.63, 3.8) is 0 Å². The molecule has 1 fully saturated rings. The average molecular weight is 269 g/mol. The van der Waals surface area contributed by atoms with Crippen LogP contribution in [0.3, 0.4) is 0 Å². The fraction of sp³-hybridized carbons (Fsp3) is 0.643. The van der Waals surface area contributed by atoms with E-state index in [9.17, 15) is 0 Å². The molecule has 0 aliphatic heterocycles. The number of anilines is 1. The van der Waals surface area contributed by atoms with E-state index in [0.29, 0.717) is 27.9 Å². The number of nitrogens with zero attached hydrogens (tertiary/aromatic N) is 1. The molecule has 4 heteroatoms. The molecule has 0 aromatic carbocycles. The summed E-state index contributed by atoms with van der Waals surface area (Å²) in [7, 11) is 0. The quantitative estimate of drug-likeness (QED) is 0.885. The highest BCUT2D eigenvalue weighted by Crippen LogP contribution is 2.40. The lowest BCUT2D eigenvalue weighted by Crippen LogP contribution is -2.34. The van der Waals surface area contributed by atoms with Gasteiger partial charge in [-0.15, -0.1) is 0 Å². The largest absolute Gasteiger partial charge is 0.473 e. The molecule has 1 saturated carbocycles. The second kappa shape index (κ2) is 4.96.